The van der Waals surface area contributed by atoms with Crippen LogP contribution in [0, 0.1) is 0 Å². The molecule has 0 aliphatic heterocycles. The first-order chi connectivity index (χ1) is 11.2. The lowest BCUT2D eigenvalue weighted by atomic mass is 9.85. The topological polar surface area (TPSA) is 59.8 Å². The number of hydrogen-bond donors (Lipinski definition) is 1. The Morgan fingerprint density at radius 2 is 2.09 bits per heavy atom. The van der Waals surface area contributed by atoms with Crippen molar-refractivity contribution in [3.63, 3.8) is 0 Å². The third-order valence-corrected chi connectivity index (χ3v) is 5.62. The molecule has 2 aromatic rings. The molecule has 1 amide bonds. The molecule has 0 bridgehead atoms. The van der Waals surface area contributed by atoms with E-state index < -0.39 is 0 Å². The maximum atomic E-state index is 12.3. The molecule has 0 unspecified atom stereocenters. The molecule has 0 radical (unpaired) electrons. The highest BCUT2D eigenvalue weighted by Crippen LogP contribution is 2.36. The lowest BCUT2D eigenvalue weighted by Crippen LogP contribution is -2.31. The fraction of sp³-hybridized carbons (Fsp3) is 0.471. The van der Waals surface area contributed by atoms with Gasteiger partial charge in [-0.1, -0.05) is 48.5 Å². The van der Waals surface area contributed by atoms with Gasteiger partial charge in [-0.3, -0.25) is 4.79 Å². The van der Waals surface area contributed by atoms with Crippen LogP contribution >= 0.6 is 11.8 Å². The summed E-state index contributed by atoms with van der Waals surface area (Å²) >= 11 is 1.49. The molecule has 1 aliphatic rings. The van der Waals surface area contributed by atoms with E-state index in [4.69, 9.17) is 0 Å². The zero-order valence-corrected chi connectivity index (χ0v) is 14.3. The maximum Gasteiger partial charge on any atom is 0.233 e. The van der Waals surface area contributed by atoms with Crippen molar-refractivity contribution in [1.82, 2.24) is 20.1 Å². The molecule has 122 valence electrons. The summed E-state index contributed by atoms with van der Waals surface area (Å²) < 4.78 is 2.05. The standard InChI is InChI=1S/C17H22N4OS/c1-18-16(22)14(11-12-7-4-3-5-8-12)23-17-20-19-15(21(17)2)13-9-6-10-13/h3-5,7-8,13-14H,6,9-11H2,1-2H3,(H,18,22)/t14-/m0/s1. The van der Waals surface area contributed by atoms with Gasteiger partial charge in [0.2, 0.25) is 5.91 Å². The van der Waals surface area contributed by atoms with Crippen molar-refractivity contribution in [3.05, 3.63) is 41.7 Å². The number of thioether (sulfide) groups is 1. The van der Waals surface area contributed by atoms with Gasteiger partial charge in [0.25, 0.3) is 0 Å². The molecule has 1 aliphatic carbocycles. The normalized spacial score (nSPS) is 15.9. The van der Waals surface area contributed by atoms with Crippen LogP contribution in [-0.4, -0.2) is 33.0 Å². The van der Waals surface area contributed by atoms with Gasteiger partial charge in [-0.25, -0.2) is 0 Å². The van der Waals surface area contributed by atoms with E-state index in [-0.39, 0.29) is 11.2 Å². The van der Waals surface area contributed by atoms with Gasteiger partial charge in [0.1, 0.15) is 5.82 Å². The molecule has 1 N–H and O–H groups in total. The van der Waals surface area contributed by atoms with Gasteiger partial charge < -0.3 is 9.88 Å². The summed E-state index contributed by atoms with van der Waals surface area (Å²) in [5.74, 6) is 1.61. The average Bonchev–Trinajstić information content (AvgIpc) is 2.87. The SMILES string of the molecule is CNC(=O)[C@H](Cc1ccccc1)Sc1nnc(C2CCC2)n1C. The third kappa shape index (κ3) is 3.58. The van der Waals surface area contributed by atoms with Crippen molar-refractivity contribution in [1.29, 1.82) is 0 Å². The quantitative estimate of drug-likeness (QED) is 0.827. The lowest BCUT2D eigenvalue weighted by Gasteiger charge is -2.24. The van der Waals surface area contributed by atoms with E-state index >= 15 is 0 Å². The predicted octanol–water partition coefficient (Wildman–Crippen LogP) is 2.53. The van der Waals surface area contributed by atoms with Gasteiger partial charge >= 0.3 is 0 Å². The second kappa shape index (κ2) is 7.17. The van der Waals surface area contributed by atoms with Crippen LogP contribution in [0.4, 0.5) is 0 Å². The summed E-state index contributed by atoms with van der Waals surface area (Å²) in [6.07, 6.45) is 4.34. The minimum atomic E-state index is -0.209. The number of hydrogen-bond acceptors (Lipinski definition) is 4. The van der Waals surface area contributed by atoms with Crippen molar-refractivity contribution in [2.45, 2.75) is 42.0 Å². The highest BCUT2D eigenvalue weighted by molar-refractivity contribution is 8.00. The maximum absolute atomic E-state index is 12.3. The van der Waals surface area contributed by atoms with E-state index in [0.29, 0.717) is 12.3 Å². The third-order valence-electron chi connectivity index (χ3n) is 4.39. The Kier molecular flexibility index (Phi) is 5.00. The number of benzene rings is 1. The van der Waals surface area contributed by atoms with Gasteiger partial charge in [0.05, 0.1) is 5.25 Å². The Balaban J connectivity index is 1.75. The molecule has 6 heteroatoms. The number of carbonyl (C=O) groups is 1. The molecule has 1 fully saturated rings. The zero-order chi connectivity index (χ0) is 16.2. The molecule has 0 spiro atoms. The number of nitrogens with one attached hydrogen (secondary N) is 1. The Morgan fingerprint density at radius 3 is 2.70 bits per heavy atom. The van der Waals surface area contributed by atoms with E-state index in [2.05, 4.69) is 20.1 Å². The summed E-state index contributed by atoms with van der Waals surface area (Å²) in [6, 6.07) is 10.1. The number of carbonyl (C=O) groups excluding carboxylic acids is 1. The fourth-order valence-electron chi connectivity index (χ4n) is 2.76. The monoisotopic (exact) mass is 330 g/mol. The van der Waals surface area contributed by atoms with E-state index in [9.17, 15) is 4.79 Å². The summed E-state index contributed by atoms with van der Waals surface area (Å²) in [6.45, 7) is 0. The first-order valence-electron chi connectivity index (χ1n) is 8.00. The first-order valence-corrected chi connectivity index (χ1v) is 8.88. The van der Waals surface area contributed by atoms with Crippen LogP contribution in [0.25, 0.3) is 0 Å². The Labute approximate surface area is 140 Å². The van der Waals surface area contributed by atoms with Crippen molar-refractivity contribution in [3.8, 4) is 0 Å². The van der Waals surface area contributed by atoms with Gasteiger partial charge in [-0.15, -0.1) is 10.2 Å². The Morgan fingerprint density at radius 1 is 1.35 bits per heavy atom. The predicted molar refractivity (Wildman–Crippen MR) is 91.5 cm³/mol. The minimum Gasteiger partial charge on any atom is -0.358 e. The van der Waals surface area contributed by atoms with Gasteiger partial charge in [0.15, 0.2) is 5.16 Å². The zero-order valence-electron chi connectivity index (χ0n) is 13.5. The molecule has 3 rings (SSSR count). The van der Waals surface area contributed by atoms with Crippen molar-refractivity contribution < 1.29 is 4.79 Å². The molecular formula is C17H22N4OS. The summed E-state index contributed by atoms with van der Waals surface area (Å²) in [5.41, 5.74) is 1.15. The fourth-order valence-corrected chi connectivity index (χ4v) is 3.85. The van der Waals surface area contributed by atoms with Gasteiger partial charge in [0, 0.05) is 20.0 Å². The molecule has 5 nitrogen and oxygen atoms in total. The van der Waals surface area contributed by atoms with Crippen LogP contribution in [0.5, 0.6) is 0 Å². The van der Waals surface area contributed by atoms with Gasteiger partial charge in [-0.05, 0) is 24.8 Å². The van der Waals surface area contributed by atoms with E-state index in [0.717, 1.165) is 16.5 Å². The lowest BCUT2D eigenvalue weighted by molar-refractivity contribution is -0.120. The highest BCUT2D eigenvalue weighted by Gasteiger charge is 2.27. The summed E-state index contributed by atoms with van der Waals surface area (Å²) in [7, 11) is 3.68. The summed E-state index contributed by atoms with van der Waals surface area (Å²) in [4.78, 5) is 12.3. The van der Waals surface area contributed by atoms with Gasteiger partial charge in [-0.2, -0.15) is 0 Å². The molecule has 1 atom stereocenters. The van der Waals surface area contributed by atoms with Crippen LogP contribution in [0.2, 0.25) is 0 Å². The molecular weight excluding hydrogens is 308 g/mol. The number of amides is 1. The Bertz CT molecular complexity index is 666. The van der Waals surface area contributed by atoms with Crippen LogP contribution in [-0.2, 0) is 18.3 Å². The molecule has 1 saturated carbocycles. The van der Waals surface area contributed by atoms with E-state index in [1.807, 2.05) is 37.4 Å². The molecule has 23 heavy (non-hydrogen) atoms. The number of rotatable bonds is 6. The molecule has 1 heterocycles. The number of aromatic nitrogens is 3. The van der Waals surface area contributed by atoms with Crippen molar-refractivity contribution >= 4 is 17.7 Å². The molecule has 1 aromatic heterocycles. The van der Waals surface area contributed by atoms with Crippen molar-refractivity contribution in [2.24, 2.45) is 7.05 Å². The molecule has 1 aromatic carbocycles. The second-order valence-corrected chi connectivity index (χ2v) is 7.11. The number of nitrogens with zero attached hydrogens (tertiary/aromatic N) is 3. The first kappa shape index (κ1) is 16.1. The highest BCUT2D eigenvalue weighted by atomic mass is 32.2. The van der Waals surface area contributed by atoms with Crippen LogP contribution in [0.15, 0.2) is 35.5 Å². The largest absolute Gasteiger partial charge is 0.358 e. The van der Waals surface area contributed by atoms with Crippen molar-refractivity contribution in [2.75, 3.05) is 7.05 Å². The average molecular weight is 330 g/mol. The Hall–Kier alpha value is -1.82. The second-order valence-electron chi connectivity index (χ2n) is 5.94. The summed E-state index contributed by atoms with van der Waals surface area (Å²) in [5, 5.41) is 12.0. The van der Waals surface area contributed by atoms with Crippen LogP contribution in [0.3, 0.4) is 0 Å². The minimum absolute atomic E-state index is 0.0204. The smallest absolute Gasteiger partial charge is 0.233 e. The van der Waals surface area contributed by atoms with Crippen LogP contribution < -0.4 is 5.32 Å². The molecule has 0 saturated heterocycles. The van der Waals surface area contributed by atoms with E-state index in [1.165, 1.54) is 31.0 Å². The van der Waals surface area contributed by atoms with E-state index in [1.54, 1.807) is 7.05 Å². The van der Waals surface area contributed by atoms with Crippen LogP contribution in [0.1, 0.15) is 36.6 Å².